The van der Waals surface area contributed by atoms with Crippen molar-refractivity contribution >= 4 is 10.2 Å². The second-order valence-corrected chi connectivity index (χ2v) is 8.02. The van der Waals surface area contributed by atoms with Crippen molar-refractivity contribution in [2.24, 2.45) is 0 Å². The molecule has 0 unspecified atom stereocenters. The Balaban J connectivity index is 1.97. The first kappa shape index (κ1) is 17.0. The van der Waals surface area contributed by atoms with Gasteiger partial charge in [0.15, 0.2) is 0 Å². The standard InChI is InChI=1S/C15H22N6O2S/c1-4-20-14(7-8-17-20)12-10-16-11-13(18-12)15-6-5-9-21(15)24(22,23)19(2)3/h7-8,10-11,15H,4-6,9H2,1-3H3/t15-/m0/s1. The monoisotopic (exact) mass is 350 g/mol. The second-order valence-electron chi connectivity index (χ2n) is 5.92. The summed E-state index contributed by atoms with van der Waals surface area (Å²) in [4.78, 5) is 8.96. The molecule has 0 saturated carbocycles. The molecule has 9 heteroatoms. The van der Waals surface area contributed by atoms with Crippen molar-refractivity contribution in [2.45, 2.75) is 32.4 Å². The minimum atomic E-state index is -3.47. The van der Waals surface area contributed by atoms with Crippen LogP contribution >= 0.6 is 0 Å². The Labute approximate surface area is 142 Å². The number of rotatable bonds is 5. The van der Waals surface area contributed by atoms with Crippen molar-refractivity contribution in [2.75, 3.05) is 20.6 Å². The van der Waals surface area contributed by atoms with E-state index in [1.54, 1.807) is 32.7 Å². The molecule has 0 aromatic carbocycles. The van der Waals surface area contributed by atoms with Gasteiger partial charge in [-0.15, -0.1) is 0 Å². The number of hydrogen-bond donors (Lipinski definition) is 0. The molecular weight excluding hydrogens is 328 g/mol. The third kappa shape index (κ3) is 2.94. The summed E-state index contributed by atoms with van der Waals surface area (Å²) >= 11 is 0. The molecule has 2 aromatic heterocycles. The van der Waals surface area contributed by atoms with E-state index in [-0.39, 0.29) is 6.04 Å². The first-order chi connectivity index (χ1) is 11.4. The van der Waals surface area contributed by atoms with Gasteiger partial charge >= 0.3 is 0 Å². The average molecular weight is 350 g/mol. The Morgan fingerprint density at radius 2 is 2.12 bits per heavy atom. The fourth-order valence-corrected chi connectivity index (χ4v) is 4.30. The Morgan fingerprint density at radius 1 is 1.33 bits per heavy atom. The zero-order valence-corrected chi connectivity index (χ0v) is 14.9. The van der Waals surface area contributed by atoms with Crippen molar-refractivity contribution in [3.05, 3.63) is 30.4 Å². The highest BCUT2D eigenvalue weighted by atomic mass is 32.2. The van der Waals surface area contributed by atoms with Gasteiger partial charge in [-0.05, 0) is 25.8 Å². The molecule has 2 aromatic rings. The second kappa shape index (κ2) is 6.58. The van der Waals surface area contributed by atoms with Gasteiger partial charge in [-0.2, -0.15) is 22.1 Å². The van der Waals surface area contributed by atoms with Crippen LogP contribution < -0.4 is 0 Å². The molecule has 130 valence electrons. The van der Waals surface area contributed by atoms with Crippen LogP contribution in [0.5, 0.6) is 0 Å². The summed E-state index contributed by atoms with van der Waals surface area (Å²) in [6, 6.07) is 1.61. The van der Waals surface area contributed by atoms with Crippen molar-refractivity contribution in [3.8, 4) is 11.4 Å². The largest absolute Gasteiger partial charge is 0.282 e. The van der Waals surface area contributed by atoms with Gasteiger partial charge in [0.05, 0.1) is 29.8 Å². The molecule has 1 atom stereocenters. The van der Waals surface area contributed by atoms with Crippen molar-refractivity contribution in [1.82, 2.24) is 28.4 Å². The van der Waals surface area contributed by atoms with E-state index in [0.717, 1.165) is 25.1 Å². The molecule has 8 nitrogen and oxygen atoms in total. The highest BCUT2D eigenvalue weighted by Gasteiger charge is 2.37. The number of aryl methyl sites for hydroxylation is 1. The van der Waals surface area contributed by atoms with Gasteiger partial charge < -0.3 is 0 Å². The van der Waals surface area contributed by atoms with Gasteiger partial charge in [0.1, 0.15) is 5.69 Å². The highest BCUT2D eigenvalue weighted by molar-refractivity contribution is 7.86. The van der Waals surface area contributed by atoms with Crippen LogP contribution in [0.2, 0.25) is 0 Å². The maximum Gasteiger partial charge on any atom is 0.282 e. The minimum absolute atomic E-state index is 0.275. The predicted molar refractivity (Wildman–Crippen MR) is 90.2 cm³/mol. The maximum atomic E-state index is 12.5. The van der Waals surface area contributed by atoms with Crippen molar-refractivity contribution in [1.29, 1.82) is 0 Å². The molecule has 0 spiro atoms. The van der Waals surface area contributed by atoms with Gasteiger partial charge in [0.2, 0.25) is 0 Å². The third-order valence-electron chi connectivity index (χ3n) is 4.23. The maximum absolute atomic E-state index is 12.5. The molecule has 0 radical (unpaired) electrons. The van der Waals surface area contributed by atoms with Gasteiger partial charge in [-0.25, -0.2) is 4.98 Å². The van der Waals surface area contributed by atoms with Crippen molar-refractivity contribution < 1.29 is 8.42 Å². The summed E-state index contributed by atoms with van der Waals surface area (Å²) < 4.78 is 29.6. The lowest BCUT2D eigenvalue weighted by Gasteiger charge is -2.26. The molecule has 0 N–H and O–H groups in total. The number of hydrogen-bond acceptors (Lipinski definition) is 5. The first-order valence-corrected chi connectivity index (χ1v) is 9.38. The van der Waals surface area contributed by atoms with Crippen LogP contribution in [-0.4, -0.2) is 57.4 Å². The smallest absolute Gasteiger partial charge is 0.264 e. The van der Waals surface area contributed by atoms with Crippen LogP contribution in [-0.2, 0) is 16.8 Å². The lowest BCUT2D eigenvalue weighted by atomic mass is 10.1. The first-order valence-electron chi connectivity index (χ1n) is 7.98. The Bertz CT molecular complexity index is 817. The quantitative estimate of drug-likeness (QED) is 0.811. The predicted octanol–water partition coefficient (Wildman–Crippen LogP) is 1.30. The lowest BCUT2D eigenvalue weighted by Crippen LogP contribution is -2.39. The average Bonchev–Trinajstić information content (AvgIpc) is 3.24. The zero-order valence-electron chi connectivity index (χ0n) is 14.1. The lowest BCUT2D eigenvalue weighted by molar-refractivity contribution is 0.357. The van der Waals surface area contributed by atoms with E-state index in [1.807, 2.05) is 17.7 Å². The molecule has 3 heterocycles. The summed E-state index contributed by atoms with van der Waals surface area (Å²) in [5, 5.41) is 4.25. The molecule has 24 heavy (non-hydrogen) atoms. The highest BCUT2D eigenvalue weighted by Crippen LogP contribution is 2.34. The molecular formula is C15H22N6O2S. The molecule has 3 rings (SSSR count). The van der Waals surface area contributed by atoms with Crippen LogP contribution in [0.1, 0.15) is 31.5 Å². The molecule has 1 saturated heterocycles. The Kier molecular flexibility index (Phi) is 4.66. The fourth-order valence-electron chi connectivity index (χ4n) is 2.99. The summed E-state index contributed by atoms with van der Waals surface area (Å²) in [5.74, 6) is 0. The van der Waals surface area contributed by atoms with Gasteiger partial charge in [-0.1, -0.05) is 0 Å². The van der Waals surface area contributed by atoms with E-state index in [9.17, 15) is 8.42 Å². The summed E-state index contributed by atoms with van der Waals surface area (Å²) in [7, 11) is -0.376. The molecule has 0 bridgehead atoms. The molecule has 1 fully saturated rings. The molecule has 1 aliphatic rings. The van der Waals surface area contributed by atoms with Crippen LogP contribution in [0.3, 0.4) is 0 Å². The topological polar surface area (TPSA) is 84.2 Å². The van der Waals surface area contributed by atoms with Crippen molar-refractivity contribution in [3.63, 3.8) is 0 Å². The number of aromatic nitrogens is 4. The SMILES string of the molecule is CCn1nccc1-c1cncc([C@@H]2CCCN2S(=O)(=O)N(C)C)n1. The third-order valence-corrected chi connectivity index (χ3v) is 6.19. The zero-order chi connectivity index (χ0) is 17.3. The van der Waals surface area contributed by atoms with Crippen LogP contribution in [0.4, 0.5) is 0 Å². The fraction of sp³-hybridized carbons (Fsp3) is 0.533. The molecule has 0 aliphatic carbocycles. The van der Waals surface area contributed by atoms with Gasteiger partial charge in [0.25, 0.3) is 10.2 Å². The summed E-state index contributed by atoms with van der Waals surface area (Å²) in [5.41, 5.74) is 2.27. The normalized spacial score (nSPS) is 19.2. The van der Waals surface area contributed by atoms with Crippen LogP contribution in [0, 0.1) is 0 Å². The summed E-state index contributed by atoms with van der Waals surface area (Å²) in [6.45, 7) is 3.25. The van der Waals surface area contributed by atoms with Gasteiger partial charge in [-0.3, -0.25) is 9.67 Å². The van der Waals surface area contributed by atoms with E-state index in [0.29, 0.717) is 17.9 Å². The Morgan fingerprint density at radius 3 is 2.83 bits per heavy atom. The molecule has 0 amide bonds. The van der Waals surface area contributed by atoms with E-state index in [4.69, 9.17) is 0 Å². The van der Waals surface area contributed by atoms with Crippen LogP contribution in [0.25, 0.3) is 11.4 Å². The van der Waals surface area contributed by atoms with Crippen LogP contribution in [0.15, 0.2) is 24.7 Å². The van der Waals surface area contributed by atoms with E-state index in [1.165, 1.54) is 8.61 Å². The van der Waals surface area contributed by atoms with Gasteiger partial charge in [0, 0.05) is 33.4 Å². The van der Waals surface area contributed by atoms with E-state index in [2.05, 4.69) is 15.1 Å². The Hall–Kier alpha value is -1.84. The van der Waals surface area contributed by atoms with E-state index < -0.39 is 10.2 Å². The number of nitrogens with zero attached hydrogens (tertiary/aromatic N) is 6. The molecule has 1 aliphatic heterocycles. The summed E-state index contributed by atoms with van der Waals surface area (Å²) in [6.07, 6.45) is 6.64. The van der Waals surface area contributed by atoms with E-state index >= 15 is 0 Å². The minimum Gasteiger partial charge on any atom is -0.264 e.